The summed E-state index contributed by atoms with van der Waals surface area (Å²) < 4.78 is 6.14. The second-order valence-electron chi connectivity index (χ2n) is 5.60. The van der Waals surface area contributed by atoms with Crippen LogP contribution in [-0.4, -0.2) is 23.9 Å². The van der Waals surface area contributed by atoms with E-state index in [4.69, 9.17) is 4.42 Å². The van der Waals surface area contributed by atoms with E-state index in [1.807, 2.05) is 6.07 Å². The molecule has 110 valence electrons. The number of fused-ring (bicyclic) bond motifs is 1. The monoisotopic (exact) mass is 349 g/mol. The number of amides is 1. The molecule has 4 nitrogen and oxygen atoms in total. The van der Waals surface area contributed by atoms with Crippen LogP contribution in [0.4, 0.5) is 0 Å². The Morgan fingerprint density at radius 3 is 2.71 bits per heavy atom. The van der Waals surface area contributed by atoms with Gasteiger partial charge >= 0.3 is 5.63 Å². The fourth-order valence-corrected chi connectivity index (χ4v) is 3.00. The lowest BCUT2D eigenvalue weighted by atomic mass is 9.99. The van der Waals surface area contributed by atoms with E-state index < -0.39 is 5.63 Å². The molecule has 0 saturated carbocycles. The van der Waals surface area contributed by atoms with Crippen molar-refractivity contribution in [1.29, 1.82) is 0 Å². The minimum atomic E-state index is -0.562. The lowest BCUT2D eigenvalue weighted by Crippen LogP contribution is -2.39. The Morgan fingerprint density at radius 1 is 1.29 bits per heavy atom. The van der Waals surface area contributed by atoms with Crippen LogP contribution in [0.5, 0.6) is 0 Å². The molecule has 0 spiro atoms. The molecule has 21 heavy (non-hydrogen) atoms. The van der Waals surface area contributed by atoms with Crippen molar-refractivity contribution in [2.75, 3.05) is 13.1 Å². The van der Waals surface area contributed by atoms with Gasteiger partial charge in [0.05, 0.1) is 0 Å². The smallest absolute Gasteiger partial charge is 0.349 e. The molecule has 2 aromatic rings. The van der Waals surface area contributed by atoms with Gasteiger partial charge < -0.3 is 9.32 Å². The van der Waals surface area contributed by atoms with Crippen LogP contribution in [0, 0.1) is 5.92 Å². The van der Waals surface area contributed by atoms with Crippen molar-refractivity contribution < 1.29 is 9.21 Å². The van der Waals surface area contributed by atoms with Crippen molar-refractivity contribution in [1.82, 2.24) is 4.90 Å². The third-order valence-electron chi connectivity index (χ3n) is 4.00. The van der Waals surface area contributed by atoms with Gasteiger partial charge in [0.15, 0.2) is 0 Å². The first-order valence-electron chi connectivity index (χ1n) is 7.07. The van der Waals surface area contributed by atoms with Crippen LogP contribution in [0.3, 0.4) is 0 Å². The largest absolute Gasteiger partial charge is 0.422 e. The second kappa shape index (κ2) is 5.64. The van der Waals surface area contributed by atoms with E-state index in [1.54, 1.807) is 23.1 Å². The van der Waals surface area contributed by atoms with Crippen LogP contribution in [0.2, 0.25) is 0 Å². The standard InChI is InChI=1S/C16H16BrNO3/c1-10-4-6-18(7-5-10)15(19)13-9-11-8-12(17)2-3-14(11)21-16(13)20/h2-3,8-10H,4-7H2,1H3. The number of piperidine rings is 1. The van der Waals surface area contributed by atoms with E-state index in [0.717, 1.165) is 22.7 Å². The molecule has 1 aromatic heterocycles. The highest BCUT2D eigenvalue weighted by molar-refractivity contribution is 9.10. The molecule has 2 heterocycles. The van der Waals surface area contributed by atoms with E-state index in [2.05, 4.69) is 22.9 Å². The van der Waals surface area contributed by atoms with Gasteiger partial charge in [-0.05, 0) is 43.0 Å². The van der Waals surface area contributed by atoms with Gasteiger partial charge in [-0.3, -0.25) is 4.79 Å². The summed E-state index contributed by atoms with van der Waals surface area (Å²) in [6, 6.07) is 7.00. The SMILES string of the molecule is CC1CCN(C(=O)c2cc3cc(Br)ccc3oc2=O)CC1. The van der Waals surface area contributed by atoms with Crippen LogP contribution >= 0.6 is 15.9 Å². The summed E-state index contributed by atoms with van der Waals surface area (Å²) in [6.45, 7) is 3.59. The Bertz CT molecular complexity index is 745. The first-order valence-corrected chi connectivity index (χ1v) is 7.86. The fourth-order valence-electron chi connectivity index (χ4n) is 2.63. The van der Waals surface area contributed by atoms with Gasteiger partial charge in [-0.25, -0.2) is 4.79 Å². The maximum atomic E-state index is 12.5. The molecule has 1 saturated heterocycles. The molecule has 0 unspecified atom stereocenters. The molecule has 1 fully saturated rings. The van der Waals surface area contributed by atoms with Crippen molar-refractivity contribution in [3.63, 3.8) is 0 Å². The number of likely N-dealkylation sites (tertiary alicyclic amines) is 1. The van der Waals surface area contributed by atoms with E-state index in [9.17, 15) is 9.59 Å². The highest BCUT2D eigenvalue weighted by Gasteiger charge is 2.24. The van der Waals surface area contributed by atoms with Crippen LogP contribution in [0.25, 0.3) is 11.0 Å². The zero-order chi connectivity index (χ0) is 15.0. The molecule has 1 aliphatic heterocycles. The molecule has 1 amide bonds. The average molecular weight is 350 g/mol. The molecule has 0 radical (unpaired) electrons. The van der Waals surface area contributed by atoms with E-state index in [1.165, 1.54) is 0 Å². The average Bonchev–Trinajstić information content (AvgIpc) is 2.47. The van der Waals surface area contributed by atoms with Gasteiger partial charge in [-0.2, -0.15) is 0 Å². The van der Waals surface area contributed by atoms with Gasteiger partial charge in [0.25, 0.3) is 5.91 Å². The Kier molecular flexibility index (Phi) is 3.85. The molecule has 1 aromatic carbocycles. The van der Waals surface area contributed by atoms with Crippen molar-refractivity contribution in [2.24, 2.45) is 5.92 Å². The van der Waals surface area contributed by atoms with Crippen LogP contribution in [0.1, 0.15) is 30.1 Å². The highest BCUT2D eigenvalue weighted by atomic mass is 79.9. The summed E-state index contributed by atoms with van der Waals surface area (Å²) in [5.74, 6) is 0.413. The summed E-state index contributed by atoms with van der Waals surface area (Å²) in [6.07, 6.45) is 1.96. The van der Waals surface area contributed by atoms with Gasteiger partial charge in [0.1, 0.15) is 11.1 Å². The lowest BCUT2D eigenvalue weighted by Gasteiger charge is -2.30. The van der Waals surface area contributed by atoms with Gasteiger partial charge in [-0.15, -0.1) is 0 Å². The van der Waals surface area contributed by atoms with Crippen molar-refractivity contribution in [3.05, 3.63) is 44.7 Å². The number of nitrogens with zero attached hydrogens (tertiary/aromatic N) is 1. The summed E-state index contributed by atoms with van der Waals surface area (Å²) in [4.78, 5) is 26.3. The fraction of sp³-hybridized carbons (Fsp3) is 0.375. The van der Waals surface area contributed by atoms with Crippen LogP contribution < -0.4 is 5.63 Å². The van der Waals surface area contributed by atoms with Gasteiger partial charge in [-0.1, -0.05) is 22.9 Å². The third-order valence-corrected chi connectivity index (χ3v) is 4.49. The lowest BCUT2D eigenvalue weighted by molar-refractivity contribution is 0.0693. The van der Waals surface area contributed by atoms with Gasteiger partial charge in [0.2, 0.25) is 0 Å². The molecule has 3 rings (SSSR count). The topological polar surface area (TPSA) is 50.5 Å². The number of carbonyl (C=O) groups is 1. The molecule has 0 bridgehead atoms. The van der Waals surface area contributed by atoms with Crippen LogP contribution in [0.15, 0.2) is 37.9 Å². The summed E-state index contributed by atoms with van der Waals surface area (Å²) in [7, 11) is 0. The number of rotatable bonds is 1. The maximum Gasteiger partial charge on any atom is 0.349 e. The minimum absolute atomic E-state index is 0.121. The second-order valence-corrected chi connectivity index (χ2v) is 6.52. The molecule has 0 N–H and O–H groups in total. The van der Waals surface area contributed by atoms with Crippen molar-refractivity contribution in [3.8, 4) is 0 Å². The first kappa shape index (κ1) is 14.3. The van der Waals surface area contributed by atoms with Crippen LogP contribution in [-0.2, 0) is 0 Å². The van der Waals surface area contributed by atoms with Crippen molar-refractivity contribution in [2.45, 2.75) is 19.8 Å². The zero-order valence-corrected chi connectivity index (χ0v) is 13.4. The number of benzene rings is 1. The van der Waals surface area contributed by atoms with Gasteiger partial charge in [0, 0.05) is 22.9 Å². The first-order chi connectivity index (χ1) is 10.0. The normalized spacial score (nSPS) is 16.4. The Morgan fingerprint density at radius 2 is 2.00 bits per heavy atom. The predicted octanol–water partition coefficient (Wildman–Crippen LogP) is 3.43. The number of carbonyl (C=O) groups excluding carboxylic acids is 1. The quantitative estimate of drug-likeness (QED) is 0.741. The highest BCUT2D eigenvalue weighted by Crippen LogP contribution is 2.21. The van der Waals surface area contributed by atoms with E-state index in [-0.39, 0.29) is 11.5 Å². The molecule has 0 atom stereocenters. The number of halogens is 1. The minimum Gasteiger partial charge on any atom is -0.422 e. The van der Waals surface area contributed by atoms with E-state index in [0.29, 0.717) is 24.6 Å². The summed E-state index contributed by atoms with van der Waals surface area (Å²) in [5.41, 5.74) is 0.0515. The Hall–Kier alpha value is -1.62. The Labute approximate surface area is 130 Å². The Balaban J connectivity index is 1.97. The summed E-state index contributed by atoms with van der Waals surface area (Å²) >= 11 is 3.38. The molecular formula is C16H16BrNO3. The van der Waals surface area contributed by atoms with Crippen molar-refractivity contribution >= 4 is 32.8 Å². The summed E-state index contributed by atoms with van der Waals surface area (Å²) in [5, 5.41) is 0.748. The predicted molar refractivity (Wildman–Crippen MR) is 84.5 cm³/mol. The maximum absolute atomic E-state index is 12.5. The molecule has 1 aliphatic rings. The number of hydrogen-bond acceptors (Lipinski definition) is 3. The molecular weight excluding hydrogens is 334 g/mol. The third kappa shape index (κ3) is 2.88. The molecule has 0 aliphatic carbocycles. The number of hydrogen-bond donors (Lipinski definition) is 0. The van der Waals surface area contributed by atoms with E-state index >= 15 is 0 Å². The zero-order valence-electron chi connectivity index (χ0n) is 11.8. The molecule has 5 heteroatoms.